The van der Waals surface area contributed by atoms with Crippen molar-refractivity contribution < 1.29 is 9.90 Å². The molecule has 0 spiro atoms. The number of hydrogen-bond donors (Lipinski definition) is 2. The van der Waals surface area contributed by atoms with Gasteiger partial charge in [0.2, 0.25) is 5.28 Å². The molecule has 0 aliphatic carbocycles. The van der Waals surface area contributed by atoms with Gasteiger partial charge in [-0.05, 0) is 22.7 Å². The Labute approximate surface area is 130 Å². The summed E-state index contributed by atoms with van der Waals surface area (Å²) < 4.78 is 1.79. The zero-order valence-electron chi connectivity index (χ0n) is 11.4. The van der Waals surface area contributed by atoms with Gasteiger partial charge in [-0.25, -0.2) is 4.98 Å². The van der Waals surface area contributed by atoms with Crippen LogP contribution in [0.2, 0.25) is 5.28 Å². The van der Waals surface area contributed by atoms with E-state index in [-0.39, 0.29) is 17.5 Å². The predicted molar refractivity (Wildman–Crippen MR) is 81.6 cm³/mol. The number of anilines is 1. The largest absolute Gasteiger partial charge is 0.481 e. The highest BCUT2D eigenvalue weighted by molar-refractivity contribution is 6.28. The standard InChI is InChI=1S/C14H12ClN5O2/c15-14-18-12(16)11-13(19-14)20(7-17-11)6-9-3-1-2-8(4-9)5-10(21)22/h1-4,7H,5-6H2,(H,21,22)(H2,16,18,19). The fourth-order valence-corrected chi connectivity index (χ4v) is 2.43. The molecule has 0 bridgehead atoms. The van der Waals surface area contributed by atoms with Gasteiger partial charge in [0.15, 0.2) is 11.5 Å². The Bertz CT molecular complexity index is 862. The van der Waals surface area contributed by atoms with Crippen LogP contribution in [-0.2, 0) is 17.8 Å². The third-order valence-electron chi connectivity index (χ3n) is 3.16. The number of nitrogen functional groups attached to an aromatic ring is 1. The molecule has 0 fully saturated rings. The number of fused-ring (bicyclic) bond motifs is 1. The van der Waals surface area contributed by atoms with Crippen LogP contribution in [0.4, 0.5) is 5.82 Å². The Balaban J connectivity index is 1.95. The van der Waals surface area contributed by atoms with Gasteiger partial charge in [-0.1, -0.05) is 24.3 Å². The molecule has 8 heteroatoms. The van der Waals surface area contributed by atoms with Gasteiger partial charge >= 0.3 is 5.97 Å². The number of nitrogens with two attached hydrogens (primary N) is 1. The lowest BCUT2D eigenvalue weighted by Gasteiger charge is -2.06. The first kappa shape index (κ1) is 14.3. The maximum atomic E-state index is 10.8. The Hall–Kier alpha value is -2.67. The van der Waals surface area contributed by atoms with Crippen LogP contribution < -0.4 is 5.73 Å². The zero-order chi connectivity index (χ0) is 15.7. The number of hydrogen-bond acceptors (Lipinski definition) is 5. The van der Waals surface area contributed by atoms with Crippen molar-refractivity contribution >= 4 is 34.6 Å². The maximum Gasteiger partial charge on any atom is 0.307 e. The number of aliphatic carboxylic acids is 1. The van der Waals surface area contributed by atoms with Gasteiger partial charge in [0, 0.05) is 0 Å². The Kier molecular flexibility index (Phi) is 3.64. The van der Waals surface area contributed by atoms with Crippen LogP contribution >= 0.6 is 11.6 Å². The summed E-state index contributed by atoms with van der Waals surface area (Å²) in [5.41, 5.74) is 8.47. The minimum Gasteiger partial charge on any atom is -0.481 e. The van der Waals surface area contributed by atoms with Crippen LogP contribution in [0.5, 0.6) is 0 Å². The van der Waals surface area contributed by atoms with Crippen LogP contribution in [0, 0.1) is 0 Å². The number of imidazole rings is 1. The van der Waals surface area contributed by atoms with Crippen LogP contribution in [0.1, 0.15) is 11.1 Å². The first-order chi connectivity index (χ1) is 10.5. The van der Waals surface area contributed by atoms with Crippen molar-refractivity contribution in [1.29, 1.82) is 0 Å². The average molecular weight is 318 g/mol. The molecule has 7 nitrogen and oxygen atoms in total. The summed E-state index contributed by atoms with van der Waals surface area (Å²) >= 11 is 5.83. The van der Waals surface area contributed by atoms with E-state index in [4.69, 9.17) is 22.4 Å². The summed E-state index contributed by atoms with van der Waals surface area (Å²) in [6, 6.07) is 7.35. The quantitative estimate of drug-likeness (QED) is 0.710. The second-order valence-electron chi connectivity index (χ2n) is 4.81. The molecule has 1 aromatic carbocycles. The summed E-state index contributed by atoms with van der Waals surface area (Å²) in [4.78, 5) is 23.0. The monoisotopic (exact) mass is 317 g/mol. The van der Waals surface area contributed by atoms with E-state index >= 15 is 0 Å². The normalized spacial score (nSPS) is 11.0. The molecule has 0 aliphatic heterocycles. The topological polar surface area (TPSA) is 107 Å². The van der Waals surface area contributed by atoms with Gasteiger partial charge < -0.3 is 15.4 Å². The highest BCUT2D eigenvalue weighted by Crippen LogP contribution is 2.19. The number of halogens is 1. The number of carboxylic acid groups (broad SMARTS) is 1. The molecule has 0 amide bonds. The molecule has 0 atom stereocenters. The molecule has 0 saturated heterocycles. The minimum atomic E-state index is -0.863. The third kappa shape index (κ3) is 2.84. The molecule has 0 saturated carbocycles. The van der Waals surface area contributed by atoms with E-state index < -0.39 is 5.97 Å². The molecule has 2 heterocycles. The first-order valence-corrected chi connectivity index (χ1v) is 6.84. The predicted octanol–water partition coefficient (Wildman–Crippen LogP) is 1.74. The van der Waals surface area contributed by atoms with Crippen molar-refractivity contribution in [2.45, 2.75) is 13.0 Å². The molecular weight excluding hydrogens is 306 g/mol. The molecule has 0 radical (unpaired) electrons. The zero-order valence-corrected chi connectivity index (χ0v) is 12.2. The van der Waals surface area contributed by atoms with Gasteiger partial charge in [0.05, 0.1) is 19.3 Å². The molecule has 0 aliphatic rings. The Morgan fingerprint density at radius 3 is 2.86 bits per heavy atom. The summed E-state index contributed by atoms with van der Waals surface area (Å²) in [5.74, 6) is -0.633. The van der Waals surface area contributed by atoms with Gasteiger partial charge in [-0.3, -0.25) is 4.79 Å². The van der Waals surface area contributed by atoms with Gasteiger partial charge in [0.25, 0.3) is 0 Å². The summed E-state index contributed by atoms with van der Waals surface area (Å²) in [7, 11) is 0. The van der Waals surface area contributed by atoms with E-state index in [2.05, 4.69) is 15.0 Å². The molecule has 3 rings (SSSR count). The highest BCUT2D eigenvalue weighted by atomic mass is 35.5. The van der Waals surface area contributed by atoms with Crippen LogP contribution in [0.15, 0.2) is 30.6 Å². The van der Waals surface area contributed by atoms with Crippen molar-refractivity contribution in [1.82, 2.24) is 19.5 Å². The van der Waals surface area contributed by atoms with Crippen LogP contribution in [0.3, 0.4) is 0 Å². The summed E-state index contributed by atoms with van der Waals surface area (Å²) in [6.45, 7) is 0.483. The molecule has 0 unspecified atom stereocenters. The van der Waals surface area contributed by atoms with Gasteiger partial charge in [-0.2, -0.15) is 9.97 Å². The minimum absolute atomic E-state index is 0.0144. The molecule has 22 heavy (non-hydrogen) atoms. The molecule has 3 aromatic rings. The van der Waals surface area contributed by atoms with E-state index in [1.165, 1.54) is 0 Å². The van der Waals surface area contributed by atoms with E-state index in [1.807, 2.05) is 18.2 Å². The van der Waals surface area contributed by atoms with E-state index in [9.17, 15) is 4.79 Å². The van der Waals surface area contributed by atoms with Crippen molar-refractivity contribution in [3.63, 3.8) is 0 Å². The number of carbonyl (C=O) groups is 1. The highest BCUT2D eigenvalue weighted by Gasteiger charge is 2.11. The lowest BCUT2D eigenvalue weighted by molar-refractivity contribution is -0.136. The van der Waals surface area contributed by atoms with Crippen LogP contribution in [0.25, 0.3) is 11.2 Å². The smallest absolute Gasteiger partial charge is 0.307 e. The molecule has 3 N–H and O–H groups in total. The fourth-order valence-electron chi connectivity index (χ4n) is 2.26. The van der Waals surface area contributed by atoms with Crippen LogP contribution in [-0.4, -0.2) is 30.6 Å². The summed E-state index contributed by atoms with van der Waals surface area (Å²) in [6.07, 6.45) is 1.59. The summed E-state index contributed by atoms with van der Waals surface area (Å²) in [5, 5.41) is 8.92. The van der Waals surface area contributed by atoms with E-state index in [0.717, 1.165) is 11.1 Å². The SMILES string of the molecule is Nc1nc(Cl)nc2c1ncn2Cc1cccc(CC(=O)O)c1. The molecule has 112 valence electrons. The maximum absolute atomic E-state index is 10.8. The van der Waals surface area contributed by atoms with Gasteiger partial charge in [-0.15, -0.1) is 0 Å². The first-order valence-electron chi connectivity index (χ1n) is 6.46. The Morgan fingerprint density at radius 2 is 2.09 bits per heavy atom. The third-order valence-corrected chi connectivity index (χ3v) is 3.33. The van der Waals surface area contributed by atoms with Crippen molar-refractivity contribution in [3.05, 3.63) is 47.0 Å². The number of nitrogens with zero attached hydrogens (tertiary/aromatic N) is 4. The van der Waals surface area contributed by atoms with Crippen molar-refractivity contribution in [2.24, 2.45) is 0 Å². The van der Waals surface area contributed by atoms with E-state index in [1.54, 1.807) is 17.0 Å². The van der Waals surface area contributed by atoms with E-state index in [0.29, 0.717) is 17.7 Å². The van der Waals surface area contributed by atoms with Crippen molar-refractivity contribution in [2.75, 3.05) is 5.73 Å². The van der Waals surface area contributed by atoms with Gasteiger partial charge in [0.1, 0.15) is 5.52 Å². The fraction of sp³-hybridized carbons (Fsp3) is 0.143. The lowest BCUT2D eigenvalue weighted by atomic mass is 10.1. The Morgan fingerprint density at radius 1 is 1.32 bits per heavy atom. The van der Waals surface area contributed by atoms with Crippen molar-refractivity contribution in [3.8, 4) is 0 Å². The second kappa shape index (κ2) is 5.61. The molecule has 2 aromatic heterocycles. The second-order valence-corrected chi connectivity index (χ2v) is 5.15. The number of aromatic nitrogens is 4. The number of benzene rings is 1. The lowest BCUT2D eigenvalue weighted by Crippen LogP contribution is -2.03. The number of carboxylic acids is 1. The molecular formula is C14H12ClN5O2. The average Bonchev–Trinajstić information content (AvgIpc) is 2.82. The number of rotatable bonds is 4.